The van der Waals surface area contributed by atoms with Gasteiger partial charge in [0.2, 0.25) is 0 Å². The molecule has 1 aromatic rings. The maximum atomic E-state index is 5.38. The molecule has 0 saturated heterocycles. The highest BCUT2D eigenvalue weighted by molar-refractivity contribution is 9.50. The van der Waals surface area contributed by atoms with E-state index in [-0.39, 0.29) is 0 Å². The summed E-state index contributed by atoms with van der Waals surface area (Å²) in [6.07, 6.45) is 3.73. The van der Waals surface area contributed by atoms with Gasteiger partial charge < -0.3 is 0 Å². The smallest absolute Gasteiger partial charge is 0.0223 e. The van der Waals surface area contributed by atoms with Crippen LogP contribution in [-0.2, 0) is 0 Å². The van der Waals surface area contributed by atoms with Crippen LogP contribution in [0, 0.1) is 0 Å². The van der Waals surface area contributed by atoms with Crippen LogP contribution in [0.15, 0.2) is 35.2 Å². The van der Waals surface area contributed by atoms with Gasteiger partial charge in [-0.15, -0.1) is 11.6 Å². The van der Waals surface area contributed by atoms with Crippen molar-refractivity contribution in [3.8, 4) is 0 Å². The zero-order valence-electron chi connectivity index (χ0n) is 8.38. The van der Waals surface area contributed by atoms with Crippen molar-refractivity contribution >= 4 is 36.6 Å². The van der Waals surface area contributed by atoms with Gasteiger partial charge >= 0.3 is 0 Å². The van der Waals surface area contributed by atoms with Crippen LogP contribution < -0.4 is 0 Å². The Hall–Kier alpha value is 0.340. The van der Waals surface area contributed by atoms with E-state index in [9.17, 15) is 0 Å². The van der Waals surface area contributed by atoms with Gasteiger partial charge in [0.25, 0.3) is 0 Å². The van der Waals surface area contributed by atoms with E-state index < -0.39 is 0 Å². The molecule has 0 aliphatic carbocycles. The fraction of sp³-hybridized carbons (Fsp3) is 0.455. The van der Waals surface area contributed by atoms with E-state index in [0.29, 0.717) is 0 Å². The van der Waals surface area contributed by atoms with Crippen molar-refractivity contribution in [1.29, 1.82) is 0 Å². The third-order valence-corrected chi connectivity index (χ3v) is 3.41. The third-order valence-electron chi connectivity index (χ3n) is 1.57. The molecular weight excluding hydrogens is 280 g/mol. The second-order valence-corrected chi connectivity index (χ2v) is 4.76. The Morgan fingerprint density at radius 3 is 2.14 bits per heavy atom. The summed E-state index contributed by atoms with van der Waals surface area (Å²) in [4.78, 5) is 1.24. The lowest BCUT2D eigenvalue weighted by atomic mass is 10.3. The van der Waals surface area contributed by atoms with Crippen LogP contribution in [-0.4, -0.2) is 5.88 Å². The van der Waals surface area contributed by atoms with Crippen LogP contribution in [0.25, 0.3) is 0 Å². The zero-order valence-corrected chi connectivity index (χ0v) is 11.5. The molecule has 0 unspecified atom stereocenters. The van der Waals surface area contributed by atoms with E-state index >= 15 is 0 Å². The summed E-state index contributed by atoms with van der Waals surface area (Å²) in [6.45, 7) is 2.17. The van der Waals surface area contributed by atoms with Gasteiger partial charge in [-0.3, -0.25) is 0 Å². The van der Waals surface area contributed by atoms with E-state index in [4.69, 9.17) is 11.6 Å². The van der Waals surface area contributed by atoms with Crippen molar-refractivity contribution in [2.45, 2.75) is 31.1 Å². The molecule has 0 atom stereocenters. The van der Waals surface area contributed by atoms with Gasteiger partial charge in [-0.1, -0.05) is 38.0 Å². The third kappa shape index (κ3) is 8.92. The summed E-state index contributed by atoms with van der Waals surface area (Å²) in [7, 11) is 1.58. The maximum Gasteiger partial charge on any atom is 0.0223 e. The Balaban J connectivity index is 0.000000255. The van der Waals surface area contributed by atoms with Crippen molar-refractivity contribution < 1.29 is 0 Å². The van der Waals surface area contributed by atoms with E-state index in [2.05, 4.69) is 33.9 Å². The number of rotatable bonds is 4. The molecule has 0 amide bonds. The SMILES string of the molecule is BrSc1ccccc1.CCCCCCl. The first-order valence-electron chi connectivity index (χ1n) is 4.74. The fourth-order valence-electron chi connectivity index (χ4n) is 0.816. The minimum atomic E-state index is 0.827. The molecule has 0 fully saturated rings. The van der Waals surface area contributed by atoms with Gasteiger partial charge in [-0.2, -0.15) is 0 Å². The predicted octanol–water partition coefficient (Wildman–Crippen LogP) is 5.50. The van der Waals surface area contributed by atoms with Crippen LogP contribution in [0.5, 0.6) is 0 Å². The molecule has 80 valence electrons. The second-order valence-electron chi connectivity index (χ2n) is 2.79. The molecular formula is C11H16BrClS. The molecule has 0 bridgehead atoms. The quantitative estimate of drug-likeness (QED) is 0.522. The van der Waals surface area contributed by atoms with Gasteiger partial charge in [0.1, 0.15) is 0 Å². The van der Waals surface area contributed by atoms with Gasteiger partial charge in [-0.05, 0) is 43.6 Å². The molecule has 0 radical (unpaired) electrons. The van der Waals surface area contributed by atoms with E-state index in [1.54, 1.807) is 10.2 Å². The summed E-state index contributed by atoms with van der Waals surface area (Å²) in [6, 6.07) is 10.2. The Morgan fingerprint density at radius 2 is 1.86 bits per heavy atom. The minimum Gasteiger partial charge on any atom is -0.127 e. The van der Waals surface area contributed by atoms with Gasteiger partial charge in [0, 0.05) is 10.8 Å². The van der Waals surface area contributed by atoms with Crippen molar-refractivity contribution in [2.75, 3.05) is 5.88 Å². The van der Waals surface area contributed by atoms with Crippen LogP contribution in [0.3, 0.4) is 0 Å². The molecule has 0 spiro atoms. The number of unbranched alkanes of at least 4 members (excludes halogenated alkanes) is 2. The molecule has 0 N–H and O–H groups in total. The Labute approximate surface area is 104 Å². The van der Waals surface area contributed by atoms with E-state index in [0.717, 1.165) is 5.88 Å². The van der Waals surface area contributed by atoms with E-state index in [1.165, 1.54) is 24.2 Å². The molecule has 0 nitrogen and oxygen atoms in total. The van der Waals surface area contributed by atoms with Crippen LogP contribution in [0.4, 0.5) is 0 Å². The average Bonchev–Trinajstić information content (AvgIpc) is 2.28. The monoisotopic (exact) mass is 294 g/mol. The fourth-order valence-corrected chi connectivity index (χ4v) is 1.91. The average molecular weight is 296 g/mol. The first kappa shape index (κ1) is 14.3. The van der Waals surface area contributed by atoms with Crippen molar-refractivity contribution in [3.63, 3.8) is 0 Å². The molecule has 14 heavy (non-hydrogen) atoms. The second kappa shape index (κ2) is 11.4. The Morgan fingerprint density at radius 1 is 1.21 bits per heavy atom. The molecule has 0 heterocycles. The maximum absolute atomic E-state index is 5.38. The Kier molecular flexibility index (Phi) is 11.7. The topological polar surface area (TPSA) is 0 Å². The Bertz CT molecular complexity index is 200. The minimum absolute atomic E-state index is 0.827. The summed E-state index contributed by atoms with van der Waals surface area (Å²) in [5, 5.41) is 0. The summed E-state index contributed by atoms with van der Waals surface area (Å²) in [5.74, 6) is 0.827. The van der Waals surface area contributed by atoms with Gasteiger partial charge in [0.15, 0.2) is 0 Å². The van der Waals surface area contributed by atoms with Crippen LogP contribution in [0.2, 0.25) is 0 Å². The summed E-state index contributed by atoms with van der Waals surface area (Å²) >= 11 is 8.65. The van der Waals surface area contributed by atoms with Crippen molar-refractivity contribution in [3.05, 3.63) is 30.3 Å². The summed E-state index contributed by atoms with van der Waals surface area (Å²) < 4.78 is 0. The van der Waals surface area contributed by atoms with Crippen molar-refractivity contribution in [1.82, 2.24) is 0 Å². The highest BCUT2D eigenvalue weighted by atomic mass is 79.9. The number of benzene rings is 1. The summed E-state index contributed by atoms with van der Waals surface area (Å²) in [5.41, 5.74) is 0. The molecule has 0 aliphatic rings. The lowest BCUT2D eigenvalue weighted by Crippen LogP contribution is -1.70. The lowest BCUT2D eigenvalue weighted by Gasteiger charge is -1.87. The van der Waals surface area contributed by atoms with E-state index in [1.807, 2.05) is 18.2 Å². The molecule has 3 heteroatoms. The van der Waals surface area contributed by atoms with Gasteiger partial charge in [0.05, 0.1) is 0 Å². The molecule has 1 aromatic carbocycles. The highest BCUT2D eigenvalue weighted by Gasteiger charge is 1.82. The predicted molar refractivity (Wildman–Crippen MR) is 71.5 cm³/mol. The normalized spacial score (nSPS) is 9.07. The van der Waals surface area contributed by atoms with Crippen LogP contribution >= 0.6 is 36.6 Å². The number of alkyl halides is 1. The molecule has 0 aliphatic heterocycles. The van der Waals surface area contributed by atoms with Crippen LogP contribution in [0.1, 0.15) is 26.2 Å². The first-order chi connectivity index (χ1) is 6.85. The first-order valence-corrected chi connectivity index (χ1v) is 7.94. The molecule has 0 saturated carbocycles. The number of halogens is 2. The van der Waals surface area contributed by atoms with Gasteiger partial charge in [-0.25, -0.2) is 0 Å². The largest absolute Gasteiger partial charge is 0.127 e. The zero-order chi connectivity index (χ0) is 10.6. The lowest BCUT2D eigenvalue weighted by molar-refractivity contribution is 0.776. The molecule has 1 rings (SSSR count). The molecule has 0 aromatic heterocycles. The number of hydrogen-bond acceptors (Lipinski definition) is 1. The number of hydrogen-bond donors (Lipinski definition) is 0. The van der Waals surface area contributed by atoms with Crippen molar-refractivity contribution in [2.24, 2.45) is 0 Å². The standard InChI is InChI=1S/C6H5BrS.C5H11Cl/c7-8-6-4-2-1-3-5-6;1-2-3-4-5-6/h1-5H;2-5H2,1H3. The highest BCUT2D eigenvalue weighted by Crippen LogP contribution is 2.22.